The molecule has 1 nitrogen and oxygen atoms in total. The zero-order valence-electron chi connectivity index (χ0n) is 13.9. The topological polar surface area (TPSA) is 9.23 Å². The Morgan fingerprint density at radius 1 is 0.414 bits per heavy atom. The van der Waals surface area contributed by atoms with Crippen molar-refractivity contribution in [2.75, 3.05) is 0 Å². The van der Waals surface area contributed by atoms with Crippen molar-refractivity contribution in [1.29, 1.82) is 0 Å². The maximum atomic E-state index is 14.2. The van der Waals surface area contributed by atoms with Gasteiger partial charge in [0.2, 0.25) is 0 Å². The molecular weight excluding hydrogens is 464 g/mol. The highest BCUT2D eigenvalue weighted by atomic mass is 19.4. The molecule has 0 aliphatic heterocycles. The molecule has 0 bridgehead atoms. The van der Waals surface area contributed by atoms with Gasteiger partial charge < -0.3 is 0 Å². The van der Waals surface area contributed by atoms with Gasteiger partial charge in [-0.05, 0) is 0 Å². The Balaban J connectivity index is 6.58. The molecule has 29 heavy (non-hydrogen) atoms. The van der Waals surface area contributed by atoms with Gasteiger partial charge in [0.25, 0.3) is 11.7 Å². The molecule has 17 heteroatoms. The Labute approximate surface area is 151 Å². The van der Waals surface area contributed by atoms with E-state index in [-0.39, 0.29) is 13.8 Å². The van der Waals surface area contributed by atoms with Crippen molar-refractivity contribution >= 4 is 0 Å². The molecule has 0 aromatic heterocycles. The van der Waals surface area contributed by atoms with E-state index >= 15 is 0 Å². The van der Waals surface area contributed by atoms with Gasteiger partial charge in [0.15, 0.2) is 0 Å². The molecule has 0 spiro atoms. The lowest BCUT2D eigenvalue weighted by Crippen LogP contribution is -2.69. The van der Waals surface area contributed by atoms with Crippen LogP contribution in [0.4, 0.5) is 70.2 Å². The summed E-state index contributed by atoms with van der Waals surface area (Å²) < 4.78 is 210. The van der Waals surface area contributed by atoms with Gasteiger partial charge in [-0.3, -0.25) is 4.74 Å². The van der Waals surface area contributed by atoms with E-state index in [1.54, 1.807) is 0 Å². The van der Waals surface area contributed by atoms with E-state index in [0.29, 0.717) is 0 Å². The molecular formula is C12H10F16O. The summed E-state index contributed by atoms with van der Waals surface area (Å²) in [7, 11) is 0. The number of hydrogen-bond donors (Lipinski definition) is 0. The molecule has 0 fully saturated rings. The van der Waals surface area contributed by atoms with Crippen LogP contribution in [0, 0.1) is 0 Å². The Bertz CT molecular complexity index is 527. The second-order valence-electron chi connectivity index (χ2n) is 5.56. The van der Waals surface area contributed by atoms with Crippen LogP contribution in [-0.4, -0.2) is 47.8 Å². The zero-order chi connectivity index (χ0) is 24.1. The fourth-order valence-electron chi connectivity index (χ4n) is 1.80. The highest BCUT2D eigenvalue weighted by Crippen LogP contribution is 2.59. The van der Waals surface area contributed by atoms with Gasteiger partial charge in [-0.25, -0.2) is 8.78 Å². The first kappa shape index (κ1) is 27.8. The van der Waals surface area contributed by atoms with E-state index < -0.39 is 60.6 Å². The number of ether oxygens (including phenoxy) is 1. The minimum absolute atomic E-state index is 0.0729. The molecule has 0 saturated heterocycles. The maximum Gasteiger partial charge on any atom is 0.460 e. The molecule has 176 valence electrons. The lowest BCUT2D eigenvalue weighted by Gasteiger charge is -2.44. The monoisotopic (exact) mass is 474 g/mol. The summed E-state index contributed by atoms with van der Waals surface area (Å²) >= 11 is 0. The highest BCUT2D eigenvalue weighted by Gasteiger charge is 2.86. The molecule has 0 aromatic carbocycles. The van der Waals surface area contributed by atoms with Gasteiger partial charge in [-0.1, -0.05) is 13.8 Å². The molecule has 0 amide bonds. The van der Waals surface area contributed by atoms with Crippen LogP contribution >= 0.6 is 0 Å². The molecule has 0 aromatic rings. The van der Waals surface area contributed by atoms with Crippen LogP contribution < -0.4 is 0 Å². The third kappa shape index (κ3) is 3.94. The van der Waals surface area contributed by atoms with Crippen molar-refractivity contribution in [2.24, 2.45) is 0 Å². The molecule has 2 unspecified atom stereocenters. The first-order valence-electron chi connectivity index (χ1n) is 7.05. The van der Waals surface area contributed by atoms with Crippen LogP contribution in [0.25, 0.3) is 0 Å². The lowest BCUT2D eigenvalue weighted by atomic mass is 9.96. The summed E-state index contributed by atoms with van der Waals surface area (Å²) in [5.74, 6) is -41.5. The van der Waals surface area contributed by atoms with Gasteiger partial charge in [-0.15, -0.1) is 0 Å². The highest BCUT2D eigenvalue weighted by molar-refractivity contribution is 5.05. The normalized spacial score (nSPS) is 19.7. The van der Waals surface area contributed by atoms with Crippen molar-refractivity contribution in [2.45, 2.75) is 74.4 Å². The average molecular weight is 474 g/mol. The molecule has 0 saturated carbocycles. The SMILES string of the molecule is CCC(F)(OC(F)(CC)C(F)(F)C(F)(F)C(F)(F)F)C(F)(F)C(F)(F)C(F)(F)F. The molecule has 2 atom stereocenters. The van der Waals surface area contributed by atoms with Crippen molar-refractivity contribution in [1.82, 2.24) is 0 Å². The Morgan fingerprint density at radius 3 is 0.759 bits per heavy atom. The number of alkyl halides is 16. The van der Waals surface area contributed by atoms with Crippen LogP contribution in [0.3, 0.4) is 0 Å². The van der Waals surface area contributed by atoms with Crippen LogP contribution in [0.15, 0.2) is 0 Å². The lowest BCUT2D eigenvalue weighted by molar-refractivity contribution is -0.474. The van der Waals surface area contributed by atoms with E-state index in [2.05, 4.69) is 4.74 Å². The standard InChI is InChI=1S/C12H10F16O/c1-3-5(13,7(15,16)9(19,20)11(23,24)25)29-6(14,4-2)8(17,18)10(21,22)12(26,27)28/h3-4H2,1-2H3. The van der Waals surface area contributed by atoms with Gasteiger partial charge in [0.05, 0.1) is 0 Å². The minimum Gasteiger partial charge on any atom is -0.298 e. The predicted octanol–water partition coefficient (Wildman–Crippen LogP) is 6.82. The summed E-state index contributed by atoms with van der Waals surface area (Å²) in [6.45, 7) is -0.146. The van der Waals surface area contributed by atoms with Crippen molar-refractivity contribution in [3.63, 3.8) is 0 Å². The third-order valence-corrected chi connectivity index (χ3v) is 3.67. The number of halogens is 16. The molecule has 0 aliphatic carbocycles. The zero-order valence-corrected chi connectivity index (χ0v) is 13.9. The molecule has 0 aliphatic rings. The molecule has 0 radical (unpaired) electrons. The quantitative estimate of drug-likeness (QED) is 0.351. The smallest absolute Gasteiger partial charge is 0.298 e. The van der Waals surface area contributed by atoms with Gasteiger partial charge in [0, 0.05) is 12.8 Å². The number of rotatable bonds is 8. The summed E-state index contributed by atoms with van der Waals surface area (Å²) in [4.78, 5) is 0. The van der Waals surface area contributed by atoms with E-state index in [1.165, 1.54) is 0 Å². The second-order valence-corrected chi connectivity index (χ2v) is 5.56. The first-order chi connectivity index (χ1) is 12.3. The van der Waals surface area contributed by atoms with Crippen LogP contribution in [0.1, 0.15) is 26.7 Å². The summed E-state index contributed by atoms with van der Waals surface area (Å²) in [6.07, 6.45) is -19.6. The van der Waals surface area contributed by atoms with Crippen molar-refractivity contribution in [3.8, 4) is 0 Å². The van der Waals surface area contributed by atoms with Gasteiger partial charge in [-0.2, -0.15) is 61.5 Å². The van der Waals surface area contributed by atoms with Crippen LogP contribution in [0.2, 0.25) is 0 Å². The van der Waals surface area contributed by atoms with E-state index in [9.17, 15) is 70.2 Å². The Morgan fingerprint density at radius 2 is 0.621 bits per heavy atom. The van der Waals surface area contributed by atoms with E-state index in [4.69, 9.17) is 0 Å². The fraction of sp³-hybridized carbons (Fsp3) is 1.00. The van der Waals surface area contributed by atoms with Crippen LogP contribution in [0.5, 0.6) is 0 Å². The second kappa shape index (κ2) is 7.21. The maximum absolute atomic E-state index is 14.2. The third-order valence-electron chi connectivity index (χ3n) is 3.67. The van der Waals surface area contributed by atoms with Crippen LogP contribution in [-0.2, 0) is 4.74 Å². The summed E-state index contributed by atoms with van der Waals surface area (Å²) in [5.41, 5.74) is 0. The van der Waals surface area contributed by atoms with E-state index in [1.807, 2.05) is 0 Å². The van der Waals surface area contributed by atoms with Crippen molar-refractivity contribution < 1.29 is 75.0 Å². The number of hydrogen-bond acceptors (Lipinski definition) is 1. The van der Waals surface area contributed by atoms with Crippen molar-refractivity contribution in [3.05, 3.63) is 0 Å². The van der Waals surface area contributed by atoms with Gasteiger partial charge >= 0.3 is 36.0 Å². The minimum atomic E-state index is -7.43. The van der Waals surface area contributed by atoms with E-state index in [0.717, 1.165) is 0 Å². The molecule has 0 heterocycles. The fourth-order valence-corrected chi connectivity index (χ4v) is 1.80. The van der Waals surface area contributed by atoms with Gasteiger partial charge in [0.1, 0.15) is 0 Å². The summed E-state index contributed by atoms with van der Waals surface area (Å²) in [5, 5.41) is 0. The Hall–Kier alpha value is -1.16. The average Bonchev–Trinajstić information content (AvgIpc) is 2.51. The largest absolute Gasteiger partial charge is 0.460 e. The first-order valence-corrected chi connectivity index (χ1v) is 7.05. The Kier molecular flexibility index (Phi) is 6.93. The summed E-state index contributed by atoms with van der Waals surface area (Å²) in [6, 6.07) is 0. The molecule has 0 N–H and O–H groups in total. The molecule has 0 rings (SSSR count). The predicted molar refractivity (Wildman–Crippen MR) is 61.2 cm³/mol.